The van der Waals surface area contributed by atoms with Crippen molar-refractivity contribution in [3.05, 3.63) is 33.9 Å². The van der Waals surface area contributed by atoms with Crippen molar-refractivity contribution in [2.24, 2.45) is 0 Å². The number of benzene rings is 1. The number of hydrogen-bond donors (Lipinski definition) is 3. The van der Waals surface area contributed by atoms with E-state index in [0.717, 1.165) is 57.4 Å². The molecule has 0 radical (unpaired) electrons. The number of hydrogen-bond acceptors (Lipinski definition) is 3. The van der Waals surface area contributed by atoms with Crippen molar-refractivity contribution in [2.45, 2.75) is 142 Å². The first-order chi connectivity index (χ1) is 17.8. The molecule has 0 aliphatic rings. The highest BCUT2D eigenvalue weighted by atomic mass is 16.4. The van der Waals surface area contributed by atoms with Crippen LogP contribution in [0.25, 0.3) is 0 Å². The second-order valence-electron chi connectivity index (χ2n) is 10.4. The Morgan fingerprint density at radius 3 is 1.19 bits per heavy atom. The minimum Gasteiger partial charge on any atom is -0.478 e. The Balaban J connectivity index is 2.90. The molecule has 0 bridgehead atoms. The van der Waals surface area contributed by atoms with Crippen LogP contribution >= 0.6 is 0 Å². The van der Waals surface area contributed by atoms with Crippen LogP contribution in [0.15, 0.2) is 6.07 Å². The number of rotatable bonds is 23. The maximum absolute atomic E-state index is 12.2. The molecule has 0 heterocycles. The zero-order valence-electron chi connectivity index (χ0n) is 23.3. The Kier molecular flexibility index (Phi) is 17.4. The van der Waals surface area contributed by atoms with E-state index in [1.165, 1.54) is 64.2 Å². The molecule has 1 aromatic carbocycles. The third-order valence-corrected chi connectivity index (χ3v) is 7.28. The third-order valence-electron chi connectivity index (χ3n) is 7.28. The van der Waals surface area contributed by atoms with Crippen LogP contribution in [0.1, 0.15) is 172 Å². The minimum absolute atomic E-state index is 0.0621. The third kappa shape index (κ3) is 12.6. The van der Waals surface area contributed by atoms with E-state index < -0.39 is 23.5 Å². The molecule has 210 valence electrons. The van der Waals surface area contributed by atoms with Gasteiger partial charge in [0.2, 0.25) is 0 Å². The quantitative estimate of drug-likeness (QED) is 0.125. The maximum Gasteiger partial charge on any atom is 0.336 e. The summed E-state index contributed by atoms with van der Waals surface area (Å²) in [6.07, 6.45) is 21.1. The van der Waals surface area contributed by atoms with Gasteiger partial charge in [-0.1, -0.05) is 117 Å². The lowest BCUT2D eigenvalue weighted by Crippen LogP contribution is -2.18. The van der Waals surface area contributed by atoms with E-state index in [9.17, 15) is 29.7 Å². The highest BCUT2D eigenvalue weighted by molar-refractivity contribution is 6.05. The normalized spacial score (nSPS) is 11.1. The van der Waals surface area contributed by atoms with Crippen molar-refractivity contribution >= 4 is 17.9 Å². The Hall–Kier alpha value is -2.37. The summed E-state index contributed by atoms with van der Waals surface area (Å²) in [5, 5.41) is 29.4. The standard InChI is InChI=1S/C31H50O6/c1-3-5-7-9-11-13-15-17-19-21-24-25(22-20-18-16-14-12-10-8-6-4-2)28(31(36)37)27(30(34)35)23-26(24)29(32)33/h23H,3-22H2,1-2H3,(H,32,33)(H,34,35)(H,36,37). The molecule has 0 spiro atoms. The second kappa shape index (κ2) is 19.7. The molecule has 0 saturated carbocycles. The van der Waals surface area contributed by atoms with Crippen molar-refractivity contribution < 1.29 is 29.7 Å². The second-order valence-corrected chi connectivity index (χ2v) is 10.4. The molecule has 37 heavy (non-hydrogen) atoms. The number of carboxylic acid groups (broad SMARTS) is 3. The first kappa shape index (κ1) is 32.7. The lowest BCUT2D eigenvalue weighted by molar-refractivity contribution is 0.0647. The monoisotopic (exact) mass is 518 g/mol. The zero-order chi connectivity index (χ0) is 27.5. The fourth-order valence-corrected chi connectivity index (χ4v) is 5.17. The van der Waals surface area contributed by atoms with Gasteiger partial charge in [0.1, 0.15) is 0 Å². The zero-order valence-corrected chi connectivity index (χ0v) is 23.3. The fourth-order valence-electron chi connectivity index (χ4n) is 5.17. The largest absolute Gasteiger partial charge is 0.478 e. The average molecular weight is 519 g/mol. The van der Waals surface area contributed by atoms with Crippen LogP contribution in [0, 0.1) is 0 Å². The van der Waals surface area contributed by atoms with E-state index in [1.54, 1.807) is 0 Å². The Morgan fingerprint density at radius 1 is 0.486 bits per heavy atom. The predicted molar refractivity (Wildman–Crippen MR) is 149 cm³/mol. The first-order valence-electron chi connectivity index (χ1n) is 14.7. The Morgan fingerprint density at radius 2 is 0.838 bits per heavy atom. The summed E-state index contributed by atoms with van der Waals surface area (Å²) < 4.78 is 0. The van der Waals surface area contributed by atoms with Crippen LogP contribution in [0.2, 0.25) is 0 Å². The molecule has 3 N–H and O–H groups in total. The molecule has 0 atom stereocenters. The molecule has 1 aromatic rings. The summed E-state index contributed by atoms with van der Waals surface area (Å²) >= 11 is 0. The molecular weight excluding hydrogens is 468 g/mol. The van der Waals surface area contributed by atoms with Crippen molar-refractivity contribution in [2.75, 3.05) is 0 Å². The van der Waals surface area contributed by atoms with Gasteiger partial charge in [-0.2, -0.15) is 0 Å². The molecule has 0 aromatic heterocycles. The molecular formula is C31H50O6. The number of carboxylic acids is 3. The van der Waals surface area contributed by atoms with E-state index in [0.29, 0.717) is 24.0 Å². The van der Waals surface area contributed by atoms with Gasteiger partial charge < -0.3 is 15.3 Å². The molecule has 6 heteroatoms. The summed E-state index contributed by atoms with van der Waals surface area (Å²) in [6, 6.07) is 1.05. The SMILES string of the molecule is CCCCCCCCCCCc1c(C(=O)O)cc(C(=O)O)c(C(=O)O)c1CCCCCCCCCCC. The summed E-state index contributed by atoms with van der Waals surface area (Å²) in [6.45, 7) is 4.40. The predicted octanol–water partition coefficient (Wildman–Crippen LogP) is 8.93. The highest BCUT2D eigenvalue weighted by Crippen LogP contribution is 2.29. The minimum atomic E-state index is -1.40. The van der Waals surface area contributed by atoms with Gasteiger partial charge in [-0.3, -0.25) is 0 Å². The number of aromatic carboxylic acids is 3. The van der Waals surface area contributed by atoms with Crippen molar-refractivity contribution in [3.8, 4) is 0 Å². The molecule has 0 fully saturated rings. The molecule has 0 saturated heterocycles. The van der Waals surface area contributed by atoms with E-state index >= 15 is 0 Å². The lowest BCUT2D eigenvalue weighted by atomic mass is 9.85. The van der Waals surface area contributed by atoms with Crippen LogP contribution in [-0.2, 0) is 12.8 Å². The molecule has 0 aliphatic heterocycles. The summed E-state index contributed by atoms with van der Waals surface area (Å²) in [5.41, 5.74) is 0.201. The molecule has 6 nitrogen and oxygen atoms in total. The van der Waals surface area contributed by atoms with Gasteiger partial charge in [-0.25, -0.2) is 14.4 Å². The maximum atomic E-state index is 12.2. The van der Waals surface area contributed by atoms with E-state index in [4.69, 9.17) is 0 Å². The molecule has 1 rings (SSSR count). The van der Waals surface area contributed by atoms with Gasteiger partial charge in [0.25, 0.3) is 0 Å². The van der Waals surface area contributed by atoms with E-state index in [1.807, 2.05) is 0 Å². The van der Waals surface area contributed by atoms with Gasteiger partial charge in [-0.15, -0.1) is 0 Å². The van der Waals surface area contributed by atoms with Crippen LogP contribution in [0.3, 0.4) is 0 Å². The van der Waals surface area contributed by atoms with Crippen LogP contribution < -0.4 is 0 Å². The molecule has 0 aliphatic carbocycles. The van der Waals surface area contributed by atoms with E-state index in [2.05, 4.69) is 13.8 Å². The number of carbonyl (C=O) groups is 3. The highest BCUT2D eigenvalue weighted by Gasteiger charge is 2.27. The van der Waals surface area contributed by atoms with Crippen LogP contribution in [0.5, 0.6) is 0 Å². The van der Waals surface area contributed by atoms with Crippen molar-refractivity contribution in [1.82, 2.24) is 0 Å². The summed E-state index contributed by atoms with van der Waals surface area (Å²) in [4.78, 5) is 36.1. The first-order valence-corrected chi connectivity index (χ1v) is 14.7. The van der Waals surface area contributed by atoms with Crippen LogP contribution in [0.4, 0.5) is 0 Å². The van der Waals surface area contributed by atoms with Crippen molar-refractivity contribution in [3.63, 3.8) is 0 Å². The van der Waals surface area contributed by atoms with Crippen molar-refractivity contribution in [1.29, 1.82) is 0 Å². The Bertz CT molecular complexity index is 829. The fraction of sp³-hybridized carbons (Fsp3) is 0.710. The summed E-state index contributed by atoms with van der Waals surface area (Å²) in [7, 11) is 0. The van der Waals surface area contributed by atoms with Gasteiger partial charge in [-0.05, 0) is 42.9 Å². The summed E-state index contributed by atoms with van der Waals surface area (Å²) in [5.74, 6) is -3.89. The lowest BCUT2D eigenvalue weighted by Gasteiger charge is -2.18. The van der Waals surface area contributed by atoms with E-state index in [-0.39, 0.29) is 11.1 Å². The van der Waals surface area contributed by atoms with Crippen LogP contribution in [-0.4, -0.2) is 33.2 Å². The Labute approximate surface area is 223 Å². The average Bonchev–Trinajstić information content (AvgIpc) is 2.86. The number of unbranched alkanes of at least 4 members (excludes halogenated alkanes) is 16. The smallest absolute Gasteiger partial charge is 0.336 e. The molecule has 0 amide bonds. The van der Waals surface area contributed by atoms with Gasteiger partial charge in [0.15, 0.2) is 0 Å². The van der Waals surface area contributed by atoms with Gasteiger partial charge in [0.05, 0.1) is 16.7 Å². The topological polar surface area (TPSA) is 112 Å². The van der Waals surface area contributed by atoms with Gasteiger partial charge >= 0.3 is 17.9 Å². The van der Waals surface area contributed by atoms with Gasteiger partial charge in [0, 0.05) is 0 Å². The molecule has 0 unspecified atom stereocenters.